The molecule has 82 valence electrons. The Labute approximate surface area is 94.8 Å². The lowest BCUT2D eigenvalue weighted by Crippen LogP contribution is -2.35. The van der Waals surface area contributed by atoms with Crippen molar-refractivity contribution in [2.24, 2.45) is 11.8 Å². The molecule has 0 aliphatic heterocycles. The summed E-state index contributed by atoms with van der Waals surface area (Å²) in [5, 5.41) is 0. The van der Waals surface area contributed by atoms with Crippen molar-refractivity contribution in [3.63, 3.8) is 0 Å². The minimum atomic E-state index is 0.425. The zero-order valence-corrected chi connectivity index (χ0v) is 9.78. The summed E-state index contributed by atoms with van der Waals surface area (Å²) >= 11 is 1.99. The average molecular weight is 222 g/mol. The second-order valence-electron chi connectivity index (χ2n) is 4.79. The molecule has 0 spiro atoms. The fourth-order valence-electron chi connectivity index (χ4n) is 2.73. The molecule has 3 heteroatoms. The third-order valence-corrected chi connectivity index (χ3v) is 5.19. The summed E-state index contributed by atoms with van der Waals surface area (Å²) < 4.78 is 0. The van der Waals surface area contributed by atoms with Gasteiger partial charge in [0.25, 0.3) is 0 Å². The maximum absolute atomic E-state index is 5.69. The number of hydrazine groups is 1. The zero-order chi connectivity index (χ0) is 10.3. The molecule has 0 saturated heterocycles. The fraction of sp³-hybridized carbons (Fsp3) is 0.667. The van der Waals surface area contributed by atoms with Crippen molar-refractivity contribution in [1.29, 1.82) is 0 Å². The minimum absolute atomic E-state index is 0.425. The van der Waals surface area contributed by atoms with Crippen LogP contribution in [0.2, 0.25) is 0 Å². The molecule has 1 atom stereocenters. The lowest BCUT2D eigenvalue weighted by molar-refractivity contribution is 0.235. The first-order valence-corrected chi connectivity index (χ1v) is 6.78. The topological polar surface area (TPSA) is 38.0 Å². The lowest BCUT2D eigenvalue weighted by Gasteiger charge is -2.32. The fourth-order valence-corrected chi connectivity index (χ4v) is 4.14. The van der Waals surface area contributed by atoms with Crippen LogP contribution in [-0.4, -0.2) is 0 Å². The van der Waals surface area contributed by atoms with E-state index in [2.05, 4.69) is 11.5 Å². The second kappa shape index (κ2) is 3.89. The van der Waals surface area contributed by atoms with Crippen molar-refractivity contribution in [2.75, 3.05) is 0 Å². The molecule has 2 nitrogen and oxygen atoms in total. The van der Waals surface area contributed by atoms with Gasteiger partial charge in [-0.05, 0) is 49.7 Å². The number of fused-ring (bicyclic) bond motifs is 1. The third-order valence-electron chi connectivity index (χ3n) is 3.87. The van der Waals surface area contributed by atoms with Gasteiger partial charge in [0.2, 0.25) is 0 Å². The zero-order valence-electron chi connectivity index (χ0n) is 8.96. The van der Waals surface area contributed by atoms with Crippen LogP contribution in [0.25, 0.3) is 0 Å². The Kier molecular flexibility index (Phi) is 2.54. The van der Waals surface area contributed by atoms with Gasteiger partial charge in [0.05, 0.1) is 6.04 Å². The van der Waals surface area contributed by atoms with Gasteiger partial charge in [-0.3, -0.25) is 11.3 Å². The molecule has 1 aromatic heterocycles. The Morgan fingerprint density at radius 1 is 1.33 bits per heavy atom. The van der Waals surface area contributed by atoms with E-state index in [-0.39, 0.29) is 0 Å². The van der Waals surface area contributed by atoms with Crippen molar-refractivity contribution in [3.8, 4) is 0 Å². The summed E-state index contributed by atoms with van der Waals surface area (Å²) in [4.78, 5) is 3.09. The van der Waals surface area contributed by atoms with Crippen molar-refractivity contribution >= 4 is 11.3 Å². The molecule has 1 aromatic rings. The van der Waals surface area contributed by atoms with Crippen molar-refractivity contribution < 1.29 is 0 Å². The van der Waals surface area contributed by atoms with Crippen LogP contribution >= 0.6 is 11.3 Å². The molecular formula is C12H18N2S. The molecule has 1 fully saturated rings. The molecule has 0 amide bonds. The minimum Gasteiger partial charge on any atom is -0.271 e. The first kappa shape index (κ1) is 9.82. The Balaban J connectivity index is 1.83. The van der Waals surface area contributed by atoms with Crippen LogP contribution in [0.3, 0.4) is 0 Å². The maximum Gasteiger partial charge on any atom is 0.0581 e. The van der Waals surface area contributed by atoms with E-state index in [0.29, 0.717) is 6.04 Å². The van der Waals surface area contributed by atoms with E-state index in [1.54, 1.807) is 10.4 Å². The monoisotopic (exact) mass is 222 g/mol. The average Bonchev–Trinajstić information content (AvgIpc) is 2.69. The van der Waals surface area contributed by atoms with Crippen LogP contribution in [0, 0.1) is 5.92 Å². The van der Waals surface area contributed by atoms with Crippen LogP contribution in [0.4, 0.5) is 0 Å². The normalized spacial score (nSPS) is 22.5. The third kappa shape index (κ3) is 1.63. The van der Waals surface area contributed by atoms with Gasteiger partial charge in [0.15, 0.2) is 0 Å². The molecule has 3 N–H and O–H groups in total. The SMILES string of the molecule is NNC(c1cc2c(s1)CCC2)C1CCC1. The van der Waals surface area contributed by atoms with Crippen molar-refractivity contribution in [2.45, 2.75) is 44.6 Å². The van der Waals surface area contributed by atoms with Crippen LogP contribution in [0.15, 0.2) is 6.07 Å². The number of nitrogens with one attached hydrogen (secondary N) is 1. The van der Waals surface area contributed by atoms with Gasteiger partial charge in [-0.15, -0.1) is 11.3 Å². The molecule has 1 heterocycles. The smallest absolute Gasteiger partial charge is 0.0581 e. The number of hydrogen-bond acceptors (Lipinski definition) is 3. The standard InChI is InChI=1S/C12H18N2S/c13-14-12(8-3-1-4-8)11-7-9-5-2-6-10(9)15-11/h7-8,12,14H,1-6,13H2. The van der Waals surface area contributed by atoms with Gasteiger partial charge >= 0.3 is 0 Å². The molecule has 1 saturated carbocycles. The molecule has 0 radical (unpaired) electrons. The van der Waals surface area contributed by atoms with E-state index < -0.39 is 0 Å². The molecule has 3 rings (SSSR count). The highest BCUT2D eigenvalue weighted by atomic mass is 32.1. The van der Waals surface area contributed by atoms with Gasteiger partial charge in [-0.25, -0.2) is 0 Å². The summed E-state index contributed by atoms with van der Waals surface area (Å²) in [6.45, 7) is 0. The quantitative estimate of drug-likeness (QED) is 0.609. The largest absolute Gasteiger partial charge is 0.271 e. The number of hydrogen-bond donors (Lipinski definition) is 2. The molecule has 15 heavy (non-hydrogen) atoms. The maximum atomic E-state index is 5.69. The molecule has 0 bridgehead atoms. The summed E-state index contributed by atoms with van der Waals surface area (Å²) in [6, 6.07) is 2.82. The number of thiophene rings is 1. The predicted octanol–water partition coefficient (Wildman–Crippen LogP) is 2.54. The van der Waals surface area contributed by atoms with E-state index in [1.807, 2.05) is 11.3 Å². The van der Waals surface area contributed by atoms with Crippen molar-refractivity contribution in [1.82, 2.24) is 5.43 Å². The Morgan fingerprint density at radius 3 is 2.80 bits per heavy atom. The summed E-state index contributed by atoms with van der Waals surface area (Å²) in [6.07, 6.45) is 8.00. The van der Waals surface area contributed by atoms with Crippen LogP contribution in [0.1, 0.15) is 47.0 Å². The first-order chi connectivity index (χ1) is 7.38. The number of aryl methyl sites for hydroxylation is 2. The second-order valence-corrected chi connectivity index (χ2v) is 5.95. The molecule has 2 aliphatic carbocycles. The Bertz CT molecular complexity index is 333. The molecular weight excluding hydrogens is 204 g/mol. The van der Waals surface area contributed by atoms with Crippen molar-refractivity contribution in [3.05, 3.63) is 21.4 Å². The number of rotatable bonds is 3. The van der Waals surface area contributed by atoms with E-state index in [9.17, 15) is 0 Å². The highest BCUT2D eigenvalue weighted by molar-refractivity contribution is 7.12. The molecule has 2 aliphatic rings. The predicted molar refractivity (Wildman–Crippen MR) is 63.7 cm³/mol. The van der Waals surface area contributed by atoms with Gasteiger partial charge in [-0.1, -0.05) is 6.42 Å². The summed E-state index contributed by atoms with van der Waals surface area (Å²) in [7, 11) is 0. The Hall–Kier alpha value is -0.380. The van der Waals surface area contributed by atoms with Crippen LogP contribution in [-0.2, 0) is 12.8 Å². The van der Waals surface area contributed by atoms with E-state index >= 15 is 0 Å². The van der Waals surface area contributed by atoms with Crippen LogP contribution in [0.5, 0.6) is 0 Å². The first-order valence-electron chi connectivity index (χ1n) is 5.96. The highest BCUT2D eigenvalue weighted by Crippen LogP contribution is 2.42. The van der Waals surface area contributed by atoms with Crippen LogP contribution < -0.4 is 11.3 Å². The van der Waals surface area contributed by atoms with E-state index in [1.165, 1.54) is 43.4 Å². The molecule has 0 aromatic carbocycles. The van der Waals surface area contributed by atoms with E-state index in [0.717, 1.165) is 5.92 Å². The highest BCUT2D eigenvalue weighted by Gasteiger charge is 2.30. The van der Waals surface area contributed by atoms with Gasteiger partial charge < -0.3 is 0 Å². The van der Waals surface area contributed by atoms with Gasteiger partial charge in [0, 0.05) is 9.75 Å². The van der Waals surface area contributed by atoms with E-state index in [4.69, 9.17) is 5.84 Å². The number of nitrogens with two attached hydrogens (primary N) is 1. The lowest BCUT2D eigenvalue weighted by atomic mass is 9.79. The summed E-state index contributed by atoms with van der Waals surface area (Å²) in [5.74, 6) is 6.48. The summed E-state index contributed by atoms with van der Waals surface area (Å²) in [5.41, 5.74) is 4.61. The Morgan fingerprint density at radius 2 is 2.20 bits per heavy atom. The molecule has 1 unspecified atom stereocenters. The van der Waals surface area contributed by atoms with Gasteiger partial charge in [-0.2, -0.15) is 0 Å². The van der Waals surface area contributed by atoms with Gasteiger partial charge in [0.1, 0.15) is 0 Å².